The summed E-state index contributed by atoms with van der Waals surface area (Å²) in [5.41, 5.74) is 3.69. The largest absolute Gasteiger partial charge is 0.483 e. The van der Waals surface area contributed by atoms with Crippen LogP contribution in [0.3, 0.4) is 0 Å². The highest BCUT2D eigenvalue weighted by Crippen LogP contribution is 2.29. The van der Waals surface area contributed by atoms with Crippen LogP contribution in [0.2, 0.25) is 0 Å². The summed E-state index contributed by atoms with van der Waals surface area (Å²) in [6.45, 7) is 0.0384. The topological polar surface area (TPSA) is 60.2 Å². The summed E-state index contributed by atoms with van der Waals surface area (Å²) in [5, 5.41) is 0. The van der Waals surface area contributed by atoms with E-state index in [-0.39, 0.29) is 16.8 Å². The quantitative estimate of drug-likeness (QED) is 0.668. The molecule has 0 aliphatic carbocycles. The van der Waals surface area contributed by atoms with Crippen molar-refractivity contribution >= 4 is 21.6 Å². The molecule has 0 aliphatic rings. The van der Waals surface area contributed by atoms with Crippen molar-refractivity contribution in [2.24, 2.45) is 5.84 Å². The summed E-state index contributed by atoms with van der Waals surface area (Å²) in [5.74, 6) is 3.75. The number of pyridine rings is 1. The van der Waals surface area contributed by atoms with Gasteiger partial charge in [0.25, 0.3) is 0 Å². The van der Waals surface area contributed by atoms with Gasteiger partial charge in [0, 0.05) is 12.3 Å². The van der Waals surface area contributed by atoms with Gasteiger partial charge in [-0.05, 0) is 34.1 Å². The molecule has 100 valence electrons. The van der Waals surface area contributed by atoms with Gasteiger partial charge < -0.3 is 10.2 Å². The summed E-state index contributed by atoms with van der Waals surface area (Å²) >= 11 is 3.04. The minimum Gasteiger partial charge on any atom is -0.483 e. The lowest BCUT2D eigenvalue weighted by Gasteiger charge is -2.09. The number of benzene rings is 1. The van der Waals surface area contributed by atoms with Crippen LogP contribution in [-0.2, 0) is 6.61 Å². The zero-order valence-electron chi connectivity index (χ0n) is 9.66. The first kappa shape index (κ1) is 13.7. The number of aromatic nitrogens is 1. The number of hydrogen-bond acceptors (Lipinski definition) is 4. The number of hydrazine groups is 1. The normalized spacial score (nSPS) is 10.3. The van der Waals surface area contributed by atoms with Crippen LogP contribution in [0.4, 0.5) is 14.5 Å². The van der Waals surface area contributed by atoms with Crippen LogP contribution < -0.4 is 16.0 Å². The average Bonchev–Trinajstić information content (AvgIpc) is 2.37. The van der Waals surface area contributed by atoms with Gasteiger partial charge >= 0.3 is 0 Å². The maximum absolute atomic E-state index is 13.5. The summed E-state index contributed by atoms with van der Waals surface area (Å²) in [6.07, 6.45) is 1.55. The molecule has 0 amide bonds. The van der Waals surface area contributed by atoms with Crippen LogP contribution in [0.1, 0.15) is 5.69 Å². The number of nitrogens with two attached hydrogens (primary N) is 1. The molecule has 0 atom stereocenters. The van der Waals surface area contributed by atoms with Gasteiger partial charge in [-0.2, -0.15) is 0 Å². The van der Waals surface area contributed by atoms with Gasteiger partial charge in [-0.1, -0.05) is 0 Å². The maximum Gasteiger partial charge on any atom is 0.169 e. The Morgan fingerprint density at radius 1 is 1.32 bits per heavy atom. The number of halogens is 3. The van der Waals surface area contributed by atoms with Crippen molar-refractivity contribution in [3.05, 3.63) is 52.3 Å². The molecule has 3 N–H and O–H groups in total. The van der Waals surface area contributed by atoms with Crippen molar-refractivity contribution in [2.75, 3.05) is 5.43 Å². The monoisotopic (exact) mass is 329 g/mol. The first-order valence-electron chi connectivity index (χ1n) is 5.29. The van der Waals surface area contributed by atoms with E-state index in [1.807, 2.05) is 0 Å². The van der Waals surface area contributed by atoms with Crippen molar-refractivity contribution in [1.29, 1.82) is 0 Å². The van der Waals surface area contributed by atoms with E-state index in [2.05, 4.69) is 26.3 Å². The SMILES string of the molecule is NNc1ccnc(COc2c(F)cc(F)cc2Br)c1. The van der Waals surface area contributed by atoms with Crippen LogP contribution in [0.25, 0.3) is 0 Å². The van der Waals surface area contributed by atoms with Crippen molar-refractivity contribution in [2.45, 2.75) is 6.61 Å². The number of hydrogen-bond donors (Lipinski definition) is 2. The zero-order valence-corrected chi connectivity index (χ0v) is 11.2. The summed E-state index contributed by atoms with van der Waals surface area (Å²) in [6, 6.07) is 5.22. The minimum atomic E-state index is -0.778. The highest BCUT2D eigenvalue weighted by molar-refractivity contribution is 9.10. The molecule has 7 heteroatoms. The summed E-state index contributed by atoms with van der Waals surface area (Å²) < 4.78 is 31.9. The number of nitrogens with zero attached hydrogens (tertiary/aromatic N) is 1. The second kappa shape index (κ2) is 5.94. The zero-order chi connectivity index (χ0) is 13.8. The van der Waals surface area contributed by atoms with Gasteiger partial charge in [-0.25, -0.2) is 8.78 Å². The van der Waals surface area contributed by atoms with E-state index in [1.54, 1.807) is 18.3 Å². The van der Waals surface area contributed by atoms with Gasteiger partial charge in [0.1, 0.15) is 12.4 Å². The maximum atomic E-state index is 13.5. The van der Waals surface area contributed by atoms with E-state index < -0.39 is 11.6 Å². The third-order valence-electron chi connectivity index (χ3n) is 2.31. The standard InChI is InChI=1S/C12H10BrF2N3O/c13-10-3-7(14)4-11(15)12(10)19-6-9-5-8(18-16)1-2-17-9/h1-5H,6,16H2,(H,17,18). The van der Waals surface area contributed by atoms with Crippen molar-refractivity contribution in [3.63, 3.8) is 0 Å². The van der Waals surface area contributed by atoms with Gasteiger partial charge in [0.05, 0.1) is 15.9 Å². The first-order valence-corrected chi connectivity index (χ1v) is 6.08. The third-order valence-corrected chi connectivity index (χ3v) is 2.90. The molecule has 0 fully saturated rings. The van der Waals surface area contributed by atoms with Crippen LogP contribution >= 0.6 is 15.9 Å². The fraction of sp³-hybridized carbons (Fsp3) is 0.0833. The minimum absolute atomic E-state index is 0.0384. The van der Waals surface area contributed by atoms with Crippen LogP contribution in [0.5, 0.6) is 5.75 Å². The number of nitrogens with one attached hydrogen (secondary N) is 1. The Morgan fingerprint density at radius 2 is 2.11 bits per heavy atom. The van der Waals surface area contributed by atoms with Gasteiger partial charge in [-0.15, -0.1) is 0 Å². The van der Waals surface area contributed by atoms with Crippen molar-refractivity contribution in [1.82, 2.24) is 4.98 Å². The lowest BCUT2D eigenvalue weighted by Crippen LogP contribution is -2.08. The molecule has 19 heavy (non-hydrogen) atoms. The molecule has 1 heterocycles. The molecule has 1 aromatic carbocycles. The van der Waals surface area contributed by atoms with Gasteiger partial charge in [-0.3, -0.25) is 10.8 Å². The van der Waals surface area contributed by atoms with E-state index in [1.165, 1.54) is 0 Å². The van der Waals surface area contributed by atoms with Crippen LogP contribution in [0.15, 0.2) is 34.9 Å². The Bertz CT molecular complexity index is 572. The summed E-state index contributed by atoms with van der Waals surface area (Å²) in [7, 11) is 0. The van der Waals surface area contributed by atoms with Crippen LogP contribution in [-0.4, -0.2) is 4.98 Å². The Kier molecular flexibility index (Phi) is 4.28. The van der Waals surface area contributed by atoms with Crippen LogP contribution in [0, 0.1) is 11.6 Å². The van der Waals surface area contributed by atoms with Crippen molar-refractivity contribution in [3.8, 4) is 5.75 Å². The molecule has 0 aliphatic heterocycles. The predicted molar refractivity (Wildman–Crippen MR) is 70.4 cm³/mol. The number of rotatable bonds is 4. The average molecular weight is 330 g/mol. The molecule has 0 radical (unpaired) electrons. The molecule has 0 unspecified atom stereocenters. The van der Waals surface area contributed by atoms with Gasteiger partial charge in [0.15, 0.2) is 11.6 Å². The lowest BCUT2D eigenvalue weighted by molar-refractivity contribution is 0.283. The third kappa shape index (κ3) is 3.39. The molecule has 0 spiro atoms. The molecular formula is C12H10BrF2N3O. The molecule has 0 bridgehead atoms. The fourth-order valence-corrected chi connectivity index (χ4v) is 1.98. The Hall–Kier alpha value is -1.73. The van der Waals surface area contributed by atoms with E-state index in [9.17, 15) is 8.78 Å². The molecule has 0 saturated heterocycles. The number of nitrogen functional groups attached to an aromatic ring is 1. The second-order valence-electron chi connectivity index (χ2n) is 3.67. The van der Waals surface area contributed by atoms with E-state index in [0.29, 0.717) is 11.4 Å². The van der Waals surface area contributed by atoms with E-state index in [0.717, 1.165) is 12.1 Å². The molecule has 4 nitrogen and oxygen atoms in total. The Labute approximate surface area is 116 Å². The lowest BCUT2D eigenvalue weighted by atomic mass is 10.3. The highest BCUT2D eigenvalue weighted by Gasteiger charge is 2.11. The number of ether oxygens (including phenoxy) is 1. The molecule has 2 rings (SSSR count). The predicted octanol–water partition coefficient (Wildman–Crippen LogP) is 2.99. The smallest absolute Gasteiger partial charge is 0.169 e. The van der Waals surface area contributed by atoms with E-state index >= 15 is 0 Å². The molecule has 0 saturated carbocycles. The summed E-state index contributed by atoms with van der Waals surface area (Å²) in [4.78, 5) is 4.05. The number of anilines is 1. The Balaban J connectivity index is 2.14. The molecule has 1 aromatic heterocycles. The van der Waals surface area contributed by atoms with Gasteiger partial charge in [0.2, 0.25) is 0 Å². The molecular weight excluding hydrogens is 320 g/mol. The highest BCUT2D eigenvalue weighted by atomic mass is 79.9. The first-order chi connectivity index (χ1) is 9.10. The van der Waals surface area contributed by atoms with E-state index in [4.69, 9.17) is 10.6 Å². The van der Waals surface area contributed by atoms with Crippen molar-refractivity contribution < 1.29 is 13.5 Å². The fourth-order valence-electron chi connectivity index (χ4n) is 1.46. The second-order valence-corrected chi connectivity index (χ2v) is 4.52. The molecule has 2 aromatic rings. The Morgan fingerprint density at radius 3 is 2.79 bits per heavy atom.